The molecule has 6 heteroatoms. The van der Waals surface area contributed by atoms with Crippen LogP contribution in [0.4, 0.5) is 0 Å². The maximum atomic E-state index is 12.6. The molecule has 1 heterocycles. The van der Waals surface area contributed by atoms with Gasteiger partial charge in [0.05, 0.1) is 12.1 Å². The first-order valence-electron chi connectivity index (χ1n) is 6.63. The number of nitrogens with zero attached hydrogens (tertiary/aromatic N) is 2. The van der Waals surface area contributed by atoms with Crippen molar-refractivity contribution in [3.8, 4) is 0 Å². The van der Waals surface area contributed by atoms with Crippen LogP contribution in [-0.4, -0.2) is 28.0 Å². The zero-order valence-corrected chi connectivity index (χ0v) is 12.2. The lowest BCUT2D eigenvalue weighted by atomic mass is 10.1. The smallest absolute Gasteiger partial charge is 0.278 e. The van der Waals surface area contributed by atoms with Crippen LogP contribution in [0.2, 0.25) is 5.02 Å². The topological polar surface area (TPSA) is 78.0 Å². The van der Waals surface area contributed by atoms with E-state index in [1.165, 1.54) is 4.68 Å². The monoisotopic (exact) mass is 313 g/mol. The normalized spacial score (nSPS) is 10.8. The van der Waals surface area contributed by atoms with Crippen LogP contribution in [0.1, 0.15) is 20.8 Å². The van der Waals surface area contributed by atoms with E-state index < -0.39 is 0 Å². The van der Waals surface area contributed by atoms with Crippen LogP contribution in [0.3, 0.4) is 0 Å². The second-order valence-electron chi connectivity index (χ2n) is 4.72. The van der Waals surface area contributed by atoms with E-state index in [-0.39, 0.29) is 23.9 Å². The summed E-state index contributed by atoms with van der Waals surface area (Å²) in [6.45, 7) is -0.160. The van der Waals surface area contributed by atoms with Crippen LogP contribution in [-0.2, 0) is 0 Å². The van der Waals surface area contributed by atoms with Gasteiger partial charge >= 0.3 is 0 Å². The lowest BCUT2D eigenvalue weighted by Gasteiger charge is -2.02. The molecule has 1 aromatic heterocycles. The highest BCUT2D eigenvalue weighted by atomic mass is 35.5. The average Bonchev–Trinajstić information content (AvgIpc) is 2.93. The predicted molar refractivity (Wildman–Crippen MR) is 84.3 cm³/mol. The van der Waals surface area contributed by atoms with Gasteiger partial charge in [-0.15, -0.1) is 0 Å². The lowest BCUT2D eigenvalue weighted by Crippen LogP contribution is -2.17. The van der Waals surface area contributed by atoms with Crippen molar-refractivity contribution < 1.29 is 9.59 Å². The van der Waals surface area contributed by atoms with Gasteiger partial charge in [0.2, 0.25) is 0 Å². The molecule has 22 heavy (non-hydrogen) atoms. The number of halogens is 1. The minimum absolute atomic E-state index is 0.160. The molecular formula is C16H12ClN3O2. The molecule has 0 bridgehead atoms. The van der Waals surface area contributed by atoms with Gasteiger partial charge in [0.15, 0.2) is 5.78 Å². The van der Waals surface area contributed by atoms with Crippen LogP contribution < -0.4 is 5.73 Å². The van der Waals surface area contributed by atoms with Gasteiger partial charge in [0.25, 0.3) is 5.91 Å². The maximum absolute atomic E-state index is 12.6. The number of aromatic nitrogens is 2. The summed E-state index contributed by atoms with van der Waals surface area (Å²) in [7, 11) is 0. The van der Waals surface area contributed by atoms with E-state index in [2.05, 4.69) is 5.10 Å². The molecule has 2 aromatic carbocycles. The molecule has 0 unspecified atom stereocenters. The van der Waals surface area contributed by atoms with Crippen molar-refractivity contribution in [2.45, 2.75) is 0 Å². The van der Waals surface area contributed by atoms with Crippen LogP contribution >= 0.6 is 11.6 Å². The quantitative estimate of drug-likeness (QED) is 0.754. The number of rotatable bonds is 3. The number of carbonyl (C=O) groups is 2. The van der Waals surface area contributed by atoms with Crippen LogP contribution in [0, 0.1) is 0 Å². The van der Waals surface area contributed by atoms with Crippen molar-refractivity contribution in [2.24, 2.45) is 5.73 Å². The molecule has 0 spiro atoms. The Hall–Kier alpha value is -2.50. The van der Waals surface area contributed by atoms with E-state index in [9.17, 15) is 9.59 Å². The molecule has 3 aromatic rings. The molecule has 110 valence electrons. The average molecular weight is 314 g/mol. The van der Waals surface area contributed by atoms with Gasteiger partial charge in [-0.25, -0.2) is 0 Å². The molecular weight excluding hydrogens is 302 g/mol. The highest BCUT2D eigenvalue weighted by molar-refractivity contribution is 6.31. The number of Topliss-reactive ketones (excluding diaryl/α,β-unsaturated/α-hetero) is 1. The van der Waals surface area contributed by atoms with Crippen molar-refractivity contribution in [3.63, 3.8) is 0 Å². The van der Waals surface area contributed by atoms with Gasteiger partial charge < -0.3 is 5.73 Å². The molecule has 0 atom stereocenters. The summed E-state index contributed by atoms with van der Waals surface area (Å²) in [5, 5.41) is 5.22. The van der Waals surface area contributed by atoms with Crippen molar-refractivity contribution >= 4 is 34.2 Å². The van der Waals surface area contributed by atoms with Crippen molar-refractivity contribution in [1.82, 2.24) is 9.78 Å². The minimum atomic E-state index is -0.352. The van der Waals surface area contributed by atoms with Gasteiger partial charge in [-0.1, -0.05) is 35.9 Å². The third kappa shape index (κ3) is 2.41. The fourth-order valence-electron chi connectivity index (χ4n) is 2.27. The molecule has 5 nitrogen and oxygen atoms in total. The van der Waals surface area contributed by atoms with E-state index in [1.54, 1.807) is 48.5 Å². The molecule has 0 saturated carbocycles. The Labute approximate surface area is 131 Å². The number of hydrogen-bond donors (Lipinski definition) is 1. The fraction of sp³-hybridized carbons (Fsp3) is 0.0625. The largest absolute Gasteiger partial charge is 0.324 e. The number of hydrogen-bond acceptors (Lipinski definition) is 4. The summed E-state index contributed by atoms with van der Waals surface area (Å²) in [6, 6.07) is 13.6. The first-order valence-corrected chi connectivity index (χ1v) is 7.01. The molecule has 2 N–H and O–H groups in total. The Bertz CT molecular complexity index is 886. The molecule has 0 radical (unpaired) electrons. The number of para-hydroxylation sites is 1. The minimum Gasteiger partial charge on any atom is -0.324 e. The maximum Gasteiger partial charge on any atom is 0.278 e. The Morgan fingerprint density at radius 3 is 2.64 bits per heavy atom. The van der Waals surface area contributed by atoms with Gasteiger partial charge in [-0.2, -0.15) is 9.78 Å². The second kappa shape index (κ2) is 5.71. The zero-order valence-electron chi connectivity index (χ0n) is 11.5. The van der Waals surface area contributed by atoms with E-state index in [0.717, 1.165) is 0 Å². The van der Waals surface area contributed by atoms with E-state index in [1.807, 2.05) is 0 Å². The van der Waals surface area contributed by atoms with E-state index >= 15 is 0 Å². The number of ketones is 1. The molecule has 0 amide bonds. The van der Waals surface area contributed by atoms with Crippen molar-refractivity contribution in [2.75, 3.05) is 6.54 Å². The number of carbonyl (C=O) groups excluding carboxylic acids is 2. The van der Waals surface area contributed by atoms with E-state index in [4.69, 9.17) is 17.3 Å². The third-order valence-electron chi connectivity index (χ3n) is 3.30. The Balaban J connectivity index is 2.19. The Kier molecular flexibility index (Phi) is 3.75. The summed E-state index contributed by atoms with van der Waals surface area (Å²) >= 11 is 5.92. The third-order valence-corrected chi connectivity index (χ3v) is 3.54. The van der Waals surface area contributed by atoms with Crippen LogP contribution in [0.25, 0.3) is 10.9 Å². The first-order chi connectivity index (χ1) is 10.6. The van der Waals surface area contributed by atoms with Crippen molar-refractivity contribution in [3.05, 3.63) is 64.8 Å². The van der Waals surface area contributed by atoms with Crippen LogP contribution in [0.5, 0.6) is 0 Å². The molecule has 0 aliphatic heterocycles. The van der Waals surface area contributed by atoms with E-state index in [0.29, 0.717) is 21.5 Å². The summed E-state index contributed by atoms with van der Waals surface area (Å²) in [5.74, 6) is -0.663. The fourth-order valence-corrected chi connectivity index (χ4v) is 2.46. The number of nitrogens with two attached hydrogens (primary N) is 1. The lowest BCUT2D eigenvalue weighted by molar-refractivity contribution is 0.0948. The summed E-state index contributed by atoms with van der Waals surface area (Å²) in [4.78, 5) is 24.6. The zero-order chi connectivity index (χ0) is 15.7. The number of benzene rings is 2. The standard InChI is InChI=1S/C16H12ClN3O2/c17-11-5-3-4-10(8-11)16(22)20-13-7-2-1-6-12(13)15(19-20)14(21)9-18/h1-8H,9,18H2. The highest BCUT2D eigenvalue weighted by Crippen LogP contribution is 2.20. The highest BCUT2D eigenvalue weighted by Gasteiger charge is 2.20. The molecule has 0 fully saturated rings. The second-order valence-corrected chi connectivity index (χ2v) is 5.16. The van der Waals surface area contributed by atoms with Gasteiger partial charge in [-0.05, 0) is 24.3 Å². The van der Waals surface area contributed by atoms with Crippen LogP contribution in [0.15, 0.2) is 48.5 Å². The number of fused-ring (bicyclic) bond motifs is 1. The summed E-state index contributed by atoms with van der Waals surface area (Å²) in [5.41, 5.74) is 6.57. The molecule has 0 saturated heterocycles. The predicted octanol–water partition coefficient (Wildman–Crippen LogP) is 2.52. The Morgan fingerprint density at radius 2 is 1.91 bits per heavy atom. The Morgan fingerprint density at radius 1 is 1.14 bits per heavy atom. The molecule has 0 aliphatic carbocycles. The van der Waals surface area contributed by atoms with Crippen molar-refractivity contribution in [1.29, 1.82) is 0 Å². The molecule has 3 rings (SSSR count). The first kappa shape index (κ1) is 14.4. The molecule has 0 aliphatic rings. The van der Waals surface area contributed by atoms with Gasteiger partial charge in [0.1, 0.15) is 5.69 Å². The summed E-state index contributed by atoms with van der Waals surface area (Å²) < 4.78 is 1.21. The SMILES string of the molecule is NCC(=O)c1nn(C(=O)c2cccc(Cl)c2)c2ccccc12. The van der Waals surface area contributed by atoms with Gasteiger partial charge in [0, 0.05) is 16.0 Å². The van der Waals surface area contributed by atoms with Gasteiger partial charge in [-0.3, -0.25) is 9.59 Å². The summed E-state index contributed by atoms with van der Waals surface area (Å²) in [6.07, 6.45) is 0.